The molecule has 39 heavy (non-hydrogen) atoms. The van der Waals surface area contributed by atoms with E-state index in [1.807, 2.05) is 0 Å². The SMILES string of the molecule is COc1ccc(C[C@H](NC(=O)[C@@H](C)NC(=O)c2ccno2)C(=O)N[C@@H](CC2CCCC2)C(=O)[C@@]2(C)CO2)cc1. The van der Waals surface area contributed by atoms with E-state index >= 15 is 0 Å². The number of amides is 3. The van der Waals surface area contributed by atoms with Gasteiger partial charge in [0.15, 0.2) is 5.78 Å². The van der Waals surface area contributed by atoms with E-state index in [-0.39, 0.29) is 18.0 Å². The van der Waals surface area contributed by atoms with Crippen LogP contribution in [0, 0.1) is 5.92 Å². The van der Waals surface area contributed by atoms with E-state index in [4.69, 9.17) is 14.0 Å². The molecule has 1 aromatic heterocycles. The fourth-order valence-electron chi connectivity index (χ4n) is 4.87. The van der Waals surface area contributed by atoms with Gasteiger partial charge in [0.05, 0.1) is 26.0 Å². The summed E-state index contributed by atoms with van der Waals surface area (Å²) in [6.45, 7) is 3.57. The fraction of sp³-hybridized carbons (Fsp3) is 0.536. The lowest BCUT2D eigenvalue weighted by Crippen LogP contribution is -2.57. The third-order valence-electron chi connectivity index (χ3n) is 7.41. The molecule has 3 amide bonds. The molecule has 1 aliphatic carbocycles. The Labute approximate surface area is 227 Å². The number of carbonyl (C=O) groups excluding carboxylic acids is 4. The van der Waals surface area contributed by atoms with Crippen LogP contribution in [0.2, 0.25) is 0 Å². The van der Waals surface area contributed by atoms with Crippen molar-refractivity contribution in [2.24, 2.45) is 5.92 Å². The summed E-state index contributed by atoms with van der Waals surface area (Å²) >= 11 is 0. The maximum atomic E-state index is 13.6. The minimum Gasteiger partial charge on any atom is -0.497 e. The molecule has 0 spiro atoms. The number of ketones is 1. The lowest BCUT2D eigenvalue weighted by molar-refractivity contribution is -0.133. The second-order valence-electron chi connectivity index (χ2n) is 10.5. The molecule has 2 fully saturated rings. The van der Waals surface area contributed by atoms with Gasteiger partial charge >= 0.3 is 0 Å². The number of nitrogens with one attached hydrogen (secondary N) is 3. The number of ether oxygens (including phenoxy) is 2. The summed E-state index contributed by atoms with van der Waals surface area (Å²) in [6, 6.07) is 5.85. The lowest BCUT2D eigenvalue weighted by Gasteiger charge is -2.26. The Hall–Kier alpha value is -3.73. The second-order valence-corrected chi connectivity index (χ2v) is 10.5. The monoisotopic (exact) mass is 540 g/mol. The van der Waals surface area contributed by atoms with Gasteiger partial charge in [-0.3, -0.25) is 19.2 Å². The van der Waals surface area contributed by atoms with Crippen LogP contribution in [-0.4, -0.2) is 66.1 Å². The highest BCUT2D eigenvalue weighted by Gasteiger charge is 2.50. The van der Waals surface area contributed by atoms with Crippen LogP contribution < -0.4 is 20.7 Å². The first-order chi connectivity index (χ1) is 18.7. The van der Waals surface area contributed by atoms with Crippen molar-refractivity contribution in [1.29, 1.82) is 0 Å². The highest BCUT2D eigenvalue weighted by atomic mass is 16.6. The molecule has 1 aliphatic heterocycles. The van der Waals surface area contributed by atoms with Crippen LogP contribution >= 0.6 is 0 Å². The van der Waals surface area contributed by atoms with Crippen molar-refractivity contribution in [2.45, 2.75) is 76.1 Å². The first kappa shape index (κ1) is 28.3. The normalized spacial score (nSPS) is 20.9. The van der Waals surface area contributed by atoms with Gasteiger partial charge in [-0.25, -0.2) is 0 Å². The number of hydrogen-bond acceptors (Lipinski definition) is 8. The zero-order valence-electron chi connectivity index (χ0n) is 22.5. The number of epoxide rings is 1. The van der Waals surface area contributed by atoms with E-state index in [0.29, 0.717) is 24.7 Å². The summed E-state index contributed by atoms with van der Waals surface area (Å²) in [7, 11) is 1.56. The van der Waals surface area contributed by atoms with Crippen molar-refractivity contribution in [2.75, 3.05) is 13.7 Å². The van der Waals surface area contributed by atoms with E-state index in [1.165, 1.54) is 19.2 Å². The lowest BCUT2D eigenvalue weighted by atomic mass is 9.90. The van der Waals surface area contributed by atoms with Crippen LogP contribution in [0.5, 0.6) is 5.75 Å². The minimum absolute atomic E-state index is 0.0359. The molecular formula is C28H36N4O7. The molecule has 11 heteroatoms. The number of rotatable bonds is 13. The van der Waals surface area contributed by atoms with Gasteiger partial charge in [-0.15, -0.1) is 0 Å². The smallest absolute Gasteiger partial charge is 0.290 e. The van der Waals surface area contributed by atoms with Gasteiger partial charge in [-0.2, -0.15) is 0 Å². The third kappa shape index (κ3) is 7.44. The predicted molar refractivity (Wildman–Crippen MR) is 140 cm³/mol. The first-order valence-corrected chi connectivity index (χ1v) is 13.3. The van der Waals surface area contributed by atoms with Gasteiger partial charge in [0.25, 0.3) is 5.91 Å². The van der Waals surface area contributed by atoms with Gasteiger partial charge in [0.1, 0.15) is 23.4 Å². The average molecular weight is 541 g/mol. The van der Waals surface area contributed by atoms with E-state index in [1.54, 1.807) is 38.3 Å². The zero-order chi connectivity index (χ0) is 28.0. The maximum absolute atomic E-state index is 13.6. The molecule has 4 rings (SSSR count). The van der Waals surface area contributed by atoms with Crippen molar-refractivity contribution in [1.82, 2.24) is 21.1 Å². The minimum atomic E-state index is -0.998. The van der Waals surface area contributed by atoms with Crippen LogP contribution in [0.4, 0.5) is 0 Å². The number of nitrogens with zero attached hydrogens (tertiary/aromatic N) is 1. The van der Waals surface area contributed by atoms with E-state index < -0.39 is 41.4 Å². The van der Waals surface area contributed by atoms with Gasteiger partial charge in [-0.05, 0) is 43.9 Å². The van der Waals surface area contributed by atoms with E-state index in [2.05, 4.69) is 21.1 Å². The van der Waals surface area contributed by atoms with Crippen LogP contribution in [0.25, 0.3) is 0 Å². The molecule has 0 bridgehead atoms. The molecule has 1 aromatic carbocycles. The number of Topliss-reactive ketones (excluding diaryl/α,β-unsaturated/α-hetero) is 1. The number of carbonyl (C=O) groups is 4. The Balaban J connectivity index is 1.48. The maximum Gasteiger partial charge on any atom is 0.290 e. The molecule has 11 nitrogen and oxygen atoms in total. The van der Waals surface area contributed by atoms with Crippen molar-refractivity contribution in [3.05, 3.63) is 47.9 Å². The second kappa shape index (κ2) is 12.4. The largest absolute Gasteiger partial charge is 0.497 e. The van der Waals surface area contributed by atoms with Gasteiger partial charge in [0, 0.05) is 12.5 Å². The summed E-state index contributed by atoms with van der Waals surface area (Å²) in [4.78, 5) is 52.3. The summed E-state index contributed by atoms with van der Waals surface area (Å²) in [6.07, 6.45) is 6.30. The van der Waals surface area contributed by atoms with Crippen molar-refractivity contribution in [3.8, 4) is 5.75 Å². The first-order valence-electron chi connectivity index (χ1n) is 13.3. The zero-order valence-corrected chi connectivity index (χ0v) is 22.5. The number of hydrogen-bond donors (Lipinski definition) is 3. The van der Waals surface area contributed by atoms with E-state index in [0.717, 1.165) is 31.2 Å². The molecule has 3 N–H and O–H groups in total. The Morgan fingerprint density at radius 1 is 1.03 bits per heavy atom. The quantitative estimate of drug-likeness (QED) is 0.326. The Kier molecular flexibility index (Phi) is 9.01. The van der Waals surface area contributed by atoms with Gasteiger partial charge in [-0.1, -0.05) is 43.0 Å². The predicted octanol–water partition coefficient (Wildman–Crippen LogP) is 1.95. The summed E-state index contributed by atoms with van der Waals surface area (Å²) in [5.41, 5.74) is -0.101. The molecule has 1 saturated carbocycles. The highest BCUT2D eigenvalue weighted by Crippen LogP contribution is 2.33. The van der Waals surface area contributed by atoms with Crippen LogP contribution in [-0.2, 0) is 25.5 Å². The third-order valence-corrected chi connectivity index (χ3v) is 7.41. The Morgan fingerprint density at radius 2 is 1.69 bits per heavy atom. The Morgan fingerprint density at radius 3 is 2.28 bits per heavy atom. The standard InChI is InChI=1S/C28H36N4O7/c1-17(30-27(36)23-12-13-29-39-23)25(34)32-22(15-19-8-10-20(37-3)11-9-19)26(35)31-21(14-18-6-4-5-7-18)24(33)28(2)16-38-28/h8-13,17-18,21-22H,4-7,14-16H2,1-3H3,(H,30,36)(H,31,35)(H,32,34)/t17-,21+,22+,28-/m1/s1. The summed E-state index contributed by atoms with van der Waals surface area (Å²) < 4.78 is 15.4. The highest BCUT2D eigenvalue weighted by molar-refractivity contribution is 5.99. The fourth-order valence-corrected chi connectivity index (χ4v) is 4.87. The molecule has 2 aromatic rings. The number of methoxy groups -OCH3 is 1. The van der Waals surface area contributed by atoms with Crippen LogP contribution in [0.3, 0.4) is 0 Å². The number of aromatic nitrogens is 1. The summed E-state index contributed by atoms with van der Waals surface area (Å²) in [5.74, 6) is -0.821. The number of benzene rings is 1. The summed E-state index contributed by atoms with van der Waals surface area (Å²) in [5, 5.41) is 11.7. The molecule has 0 radical (unpaired) electrons. The molecule has 4 atom stereocenters. The van der Waals surface area contributed by atoms with Gasteiger partial charge < -0.3 is 29.9 Å². The van der Waals surface area contributed by atoms with Crippen LogP contribution in [0.15, 0.2) is 41.1 Å². The molecule has 0 unspecified atom stereocenters. The molecule has 2 heterocycles. The topological polar surface area (TPSA) is 152 Å². The molecule has 210 valence electrons. The van der Waals surface area contributed by atoms with Crippen molar-refractivity contribution in [3.63, 3.8) is 0 Å². The molecule has 2 aliphatic rings. The Bertz CT molecular complexity index is 1160. The van der Waals surface area contributed by atoms with Crippen LogP contribution in [0.1, 0.15) is 62.1 Å². The van der Waals surface area contributed by atoms with Crippen molar-refractivity contribution < 1.29 is 33.2 Å². The van der Waals surface area contributed by atoms with Crippen molar-refractivity contribution >= 4 is 23.5 Å². The average Bonchev–Trinajstić information content (AvgIpc) is 3.32. The molecule has 1 saturated heterocycles. The van der Waals surface area contributed by atoms with E-state index in [9.17, 15) is 19.2 Å². The van der Waals surface area contributed by atoms with Gasteiger partial charge in [0.2, 0.25) is 17.6 Å². The molecular weight excluding hydrogens is 504 g/mol.